The van der Waals surface area contributed by atoms with Gasteiger partial charge in [0, 0.05) is 18.7 Å². The van der Waals surface area contributed by atoms with E-state index in [1.807, 2.05) is 25.3 Å². The van der Waals surface area contributed by atoms with E-state index in [4.69, 9.17) is 9.47 Å². The Bertz CT molecular complexity index is 519. The van der Waals surface area contributed by atoms with Crippen molar-refractivity contribution in [3.05, 3.63) is 34.0 Å². The van der Waals surface area contributed by atoms with E-state index in [1.165, 1.54) is 6.92 Å². The Balaban J connectivity index is 2.03. The van der Waals surface area contributed by atoms with Gasteiger partial charge in [-0.05, 0) is 31.6 Å². The molecule has 1 aromatic rings. The SMILES string of the molecule is CC(=O)O[C@@H]1C=CO[C@H](/C(C)=C/c2csc(C)n2)C1. The third-order valence-electron chi connectivity index (χ3n) is 2.82. The van der Waals surface area contributed by atoms with E-state index in [1.54, 1.807) is 23.7 Å². The van der Waals surface area contributed by atoms with Gasteiger partial charge in [-0.25, -0.2) is 4.98 Å². The van der Waals surface area contributed by atoms with E-state index in [2.05, 4.69) is 4.98 Å². The van der Waals surface area contributed by atoms with E-state index in [0.717, 1.165) is 16.3 Å². The Hall–Kier alpha value is -1.62. The lowest BCUT2D eigenvalue weighted by atomic mass is 10.0. The van der Waals surface area contributed by atoms with Gasteiger partial charge in [-0.2, -0.15) is 0 Å². The summed E-state index contributed by atoms with van der Waals surface area (Å²) >= 11 is 1.62. The number of aromatic nitrogens is 1. The summed E-state index contributed by atoms with van der Waals surface area (Å²) in [5.74, 6) is -0.271. The second kappa shape index (κ2) is 6.02. The van der Waals surface area contributed by atoms with Crippen LogP contribution >= 0.6 is 11.3 Å². The molecule has 0 saturated carbocycles. The molecule has 0 N–H and O–H groups in total. The summed E-state index contributed by atoms with van der Waals surface area (Å²) in [7, 11) is 0. The summed E-state index contributed by atoms with van der Waals surface area (Å²) in [5.41, 5.74) is 2.02. The van der Waals surface area contributed by atoms with Crippen molar-refractivity contribution < 1.29 is 14.3 Å². The molecule has 2 rings (SSSR count). The molecule has 1 aliphatic heterocycles. The summed E-state index contributed by atoms with van der Waals surface area (Å²) < 4.78 is 10.7. The van der Waals surface area contributed by atoms with Crippen LogP contribution < -0.4 is 0 Å². The molecule has 5 heteroatoms. The van der Waals surface area contributed by atoms with Crippen molar-refractivity contribution in [2.24, 2.45) is 0 Å². The minimum absolute atomic E-state index is 0.0728. The standard InChI is InChI=1S/C14H17NO3S/c1-9(6-12-8-19-10(2)15-12)14-7-13(4-5-17-14)18-11(3)16/h4-6,8,13-14H,7H2,1-3H3/b9-6+/t13-,14+/m1/s1. The molecular formula is C14H17NO3S. The molecule has 2 heterocycles. The number of hydrogen-bond acceptors (Lipinski definition) is 5. The molecule has 0 fully saturated rings. The van der Waals surface area contributed by atoms with E-state index in [0.29, 0.717) is 6.42 Å². The molecule has 0 aromatic carbocycles. The number of ether oxygens (including phenoxy) is 2. The molecule has 1 aliphatic rings. The van der Waals surface area contributed by atoms with Gasteiger partial charge in [0.05, 0.1) is 17.0 Å². The van der Waals surface area contributed by atoms with Crippen molar-refractivity contribution in [3.63, 3.8) is 0 Å². The van der Waals surface area contributed by atoms with Gasteiger partial charge in [0.2, 0.25) is 0 Å². The van der Waals surface area contributed by atoms with Gasteiger partial charge in [0.15, 0.2) is 0 Å². The van der Waals surface area contributed by atoms with Gasteiger partial charge in [0.25, 0.3) is 0 Å². The van der Waals surface area contributed by atoms with Crippen LogP contribution in [0.5, 0.6) is 0 Å². The average molecular weight is 279 g/mol. The smallest absolute Gasteiger partial charge is 0.303 e. The first-order valence-electron chi connectivity index (χ1n) is 6.14. The zero-order valence-corrected chi connectivity index (χ0v) is 12.1. The number of thiazole rings is 1. The molecular weight excluding hydrogens is 262 g/mol. The zero-order valence-electron chi connectivity index (χ0n) is 11.3. The third kappa shape index (κ3) is 3.92. The number of carbonyl (C=O) groups is 1. The van der Waals surface area contributed by atoms with E-state index >= 15 is 0 Å². The van der Waals surface area contributed by atoms with E-state index in [-0.39, 0.29) is 18.2 Å². The zero-order chi connectivity index (χ0) is 13.8. The monoisotopic (exact) mass is 279 g/mol. The highest BCUT2D eigenvalue weighted by molar-refractivity contribution is 7.09. The largest absolute Gasteiger partial charge is 0.494 e. The molecule has 4 nitrogen and oxygen atoms in total. The summed E-state index contributed by atoms with van der Waals surface area (Å²) in [6, 6.07) is 0. The summed E-state index contributed by atoms with van der Waals surface area (Å²) in [6.45, 7) is 5.40. The first-order chi connectivity index (χ1) is 9.04. The number of aryl methyl sites for hydroxylation is 1. The summed E-state index contributed by atoms with van der Waals surface area (Å²) in [5, 5.41) is 3.06. The van der Waals surface area contributed by atoms with E-state index in [9.17, 15) is 4.79 Å². The number of nitrogens with zero attached hydrogens (tertiary/aromatic N) is 1. The van der Waals surface area contributed by atoms with Gasteiger partial charge in [0.1, 0.15) is 12.2 Å². The number of hydrogen-bond donors (Lipinski definition) is 0. The maximum absolute atomic E-state index is 11.0. The van der Waals surface area contributed by atoms with Crippen LogP contribution in [0.25, 0.3) is 6.08 Å². The van der Waals surface area contributed by atoms with Crippen LogP contribution in [0.1, 0.15) is 31.0 Å². The van der Waals surface area contributed by atoms with Gasteiger partial charge in [-0.3, -0.25) is 4.79 Å². The molecule has 0 aliphatic carbocycles. The van der Waals surface area contributed by atoms with Gasteiger partial charge < -0.3 is 9.47 Å². The Morgan fingerprint density at radius 1 is 1.58 bits per heavy atom. The minimum Gasteiger partial charge on any atom is -0.494 e. The first-order valence-corrected chi connectivity index (χ1v) is 7.02. The van der Waals surface area contributed by atoms with Gasteiger partial charge in [-0.1, -0.05) is 0 Å². The van der Waals surface area contributed by atoms with Crippen LogP contribution in [0.4, 0.5) is 0 Å². The number of esters is 1. The Morgan fingerprint density at radius 2 is 2.37 bits per heavy atom. The predicted molar refractivity (Wildman–Crippen MR) is 74.7 cm³/mol. The van der Waals surface area contributed by atoms with Crippen LogP contribution in [-0.2, 0) is 14.3 Å². The average Bonchev–Trinajstić information content (AvgIpc) is 2.74. The number of rotatable bonds is 3. The normalized spacial score (nSPS) is 23.0. The van der Waals surface area contributed by atoms with Crippen molar-refractivity contribution in [1.82, 2.24) is 4.98 Å². The Morgan fingerprint density at radius 3 is 3.00 bits per heavy atom. The lowest BCUT2D eigenvalue weighted by molar-refractivity contribution is -0.145. The van der Waals surface area contributed by atoms with Crippen molar-refractivity contribution >= 4 is 23.4 Å². The first kappa shape index (κ1) is 13.8. The van der Waals surface area contributed by atoms with Crippen molar-refractivity contribution in [2.75, 3.05) is 0 Å². The van der Waals surface area contributed by atoms with Crippen molar-refractivity contribution in [1.29, 1.82) is 0 Å². The van der Waals surface area contributed by atoms with Crippen LogP contribution in [0.3, 0.4) is 0 Å². The molecule has 102 valence electrons. The lowest BCUT2D eigenvalue weighted by Crippen LogP contribution is -2.26. The molecule has 1 aromatic heterocycles. The third-order valence-corrected chi connectivity index (χ3v) is 3.61. The maximum atomic E-state index is 11.0. The fourth-order valence-corrected chi connectivity index (χ4v) is 2.51. The highest BCUT2D eigenvalue weighted by atomic mass is 32.1. The summed E-state index contributed by atoms with van der Waals surface area (Å²) in [6.07, 6.45) is 5.73. The maximum Gasteiger partial charge on any atom is 0.303 e. The minimum atomic E-state index is -0.271. The summed E-state index contributed by atoms with van der Waals surface area (Å²) in [4.78, 5) is 15.4. The van der Waals surface area contributed by atoms with Gasteiger partial charge in [-0.15, -0.1) is 11.3 Å². The molecule has 0 bridgehead atoms. The molecule has 0 saturated heterocycles. The van der Waals surface area contributed by atoms with E-state index < -0.39 is 0 Å². The quantitative estimate of drug-likeness (QED) is 0.798. The molecule has 2 atom stereocenters. The highest BCUT2D eigenvalue weighted by Crippen LogP contribution is 2.22. The van der Waals surface area contributed by atoms with Crippen molar-refractivity contribution in [2.45, 2.75) is 39.4 Å². The van der Waals surface area contributed by atoms with Crippen molar-refractivity contribution in [3.8, 4) is 0 Å². The highest BCUT2D eigenvalue weighted by Gasteiger charge is 2.22. The number of carbonyl (C=O) groups excluding carboxylic acids is 1. The Labute approximate surface area is 116 Å². The van der Waals surface area contributed by atoms with Crippen LogP contribution in [-0.4, -0.2) is 23.2 Å². The fourth-order valence-electron chi connectivity index (χ4n) is 1.94. The molecule has 0 amide bonds. The van der Waals surface area contributed by atoms with Crippen LogP contribution in [0, 0.1) is 6.92 Å². The Kier molecular flexibility index (Phi) is 4.37. The second-order valence-corrected chi connectivity index (χ2v) is 5.58. The van der Waals surface area contributed by atoms with Gasteiger partial charge >= 0.3 is 5.97 Å². The molecule has 19 heavy (non-hydrogen) atoms. The molecule has 0 radical (unpaired) electrons. The molecule has 0 spiro atoms. The second-order valence-electron chi connectivity index (χ2n) is 4.52. The predicted octanol–water partition coefficient (Wildman–Crippen LogP) is 3.09. The van der Waals surface area contributed by atoms with Crippen LogP contribution in [0.2, 0.25) is 0 Å². The lowest BCUT2D eigenvalue weighted by Gasteiger charge is -2.25. The van der Waals surface area contributed by atoms with Crippen LogP contribution in [0.15, 0.2) is 23.3 Å². The fraction of sp³-hybridized carbons (Fsp3) is 0.429. The topological polar surface area (TPSA) is 48.4 Å². The molecule has 0 unspecified atom stereocenters.